The third-order valence-corrected chi connectivity index (χ3v) is 4.09. The smallest absolute Gasteiger partial charge is 0.118 e. The summed E-state index contributed by atoms with van der Waals surface area (Å²) in [6.07, 6.45) is 2.63. The van der Waals surface area contributed by atoms with Crippen LogP contribution >= 0.6 is 0 Å². The highest BCUT2D eigenvalue weighted by Crippen LogP contribution is 2.28. The molecule has 3 atom stereocenters. The van der Waals surface area contributed by atoms with Crippen LogP contribution in [0.2, 0.25) is 0 Å². The topological polar surface area (TPSA) is 47.7 Å². The Kier molecular flexibility index (Phi) is 5.40. The van der Waals surface area contributed by atoms with Crippen molar-refractivity contribution in [2.75, 3.05) is 27.3 Å². The number of methoxy groups -OCH3 is 2. The van der Waals surface area contributed by atoms with E-state index in [0.717, 1.165) is 31.7 Å². The molecule has 3 unspecified atom stereocenters. The summed E-state index contributed by atoms with van der Waals surface area (Å²) in [4.78, 5) is 2.45. The van der Waals surface area contributed by atoms with Crippen LogP contribution in [0.5, 0.6) is 5.75 Å². The normalized spacial score (nSPS) is 23.3. The Hall–Kier alpha value is -1.10. The van der Waals surface area contributed by atoms with Gasteiger partial charge in [0.1, 0.15) is 5.75 Å². The van der Waals surface area contributed by atoms with Crippen LogP contribution in [0.15, 0.2) is 24.3 Å². The summed E-state index contributed by atoms with van der Waals surface area (Å²) in [6.45, 7) is 4.11. The molecule has 1 aliphatic rings. The molecule has 1 saturated heterocycles. The van der Waals surface area contributed by atoms with Gasteiger partial charge in [-0.3, -0.25) is 4.90 Å². The molecule has 2 rings (SSSR count). The maximum absolute atomic E-state index is 6.24. The predicted octanol–water partition coefficient (Wildman–Crippen LogP) is 2.19. The zero-order valence-electron chi connectivity index (χ0n) is 12.7. The Morgan fingerprint density at radius 1 is 1.25 bits per heavy atom. The fourth-order valence-corrected chi connectivity index (χ4v) is 3.06. The van der Waals surface area contributed by atoms with E-state index in [0.29, 0.717) is 6.10 Å². The molecule has 0 radical (unpaired) electrons. The lowest BCUT2D eigenvalue weighted by molar-refractivity contribution is 0.0103. The van der Waals surface area contributed by atoms with Crippen LogP contribution in [-0.4, -0.2) is 44.4 Å². The van der Waals surface area contributed by atoms with Crippen molar-refractivity contribution in [3.8, 4) is 5.75 Å². The van der Waals surface area contributed by atoms with E-state index in [4.69, 9.17) is 15.2 Å². The fourth-order valence-electron chi connectivity index (χ4n) is 3.06. The summed E-state index contributed by atoms with van der Waals surface area (Å²) in [5.41, 5.74) is 7.49. The predicted molar refractivity (Wildman–Crippen MR) is 81.0 cm³/mol. The highest BCUT2D eigenvalue weighted by Gasteiger charge is 2.29. The van der Waals surface area contributed by atoms with Crippen LogP contribution in [0.1, 0.15) is 31.4 Å². The minimum absolute atomic E-state index is 0.0824. The molecular weight excluding hydrogens is 252 g/mol. The number of rotatable bonds is 5. The molecule has 1 heterocycles. The lowest BCUT2D eigenvalue weighted by atomic mass is 9.96. The second-order valence-corrected chi connectivity index (χ2v) is 5.57. The number of hydrogen-bond donors (Lipinski definition) is 1. The molecular formula is C16H26N2O2. The van der Waals surface area contributed by atoms with Gasteiger partial charge in [0, 0.05) is 25.7 Å². The van der Waals surface area contributed by atoms with Crippen molar-refractivity contribution in [3.05, 3.63) is 29.8 Å². The minimum atomic E-state index is 0.0824. The Labute approximate surface area is 121 Å². The van der Waals surface area contributed by atoms with Gasteiger partial charge in [-0.1, -0.05) is 12.1 Å². The van der Waals surface area contributed by atoms with Crippen molar-refractivity contribution in [3.63, 3.8) is 0 Å². The first-order valence-corrected chi connectivity index (χ1v) is 7.32. The van der Waals surface area contributed by atoms with Crippen molar-refractivity contribution >= 4 is 0 Å². The van der Waals surface area contributed by atoms with Crippen molar-refractivity contribution in [2.24, 2.45) is 5.73 Å². The van der Waals surface area contributed by atoms with Gasteiger partial charge < -0.3 is 15.2 Å². The first-order valence-electron chi connectivity index (χ1n) is 7.32. The molecule has 1 fully saturated rings. The first kappa shape index (κ1) is 15.3. The molecule has 1 aliphatic heterocycles. The average Bonchev–Trinajstić information content (AvgIpc) is 2.48. The summed E-state index contributed by atoms with van der Waals surface area (Å²) in [6, 6.07) is 8.55. The summed E-state index contributed by atoms with van der Waals surface area (Å²) in [5.74, 6) is 0.880. The number of benzene rings is 1. The standard InChI is InChI=1S/C16H26N2O2/c1-12(17)16(13-6-8-14(19-2)9-7-13)18-10-4-5-15(11-18)20-3/h6-9,12,15-16H,4-5,10-11,17H2,1-3H3. The lowest BCUT2D eigenvalue weighted by Crippen LogP contribution is -2.46. The van der Waals surface area contributed by atoms with E-state index in [9.17, 15) is 0 Å². The van der Waals surface area contributed by atoms with E-state index in [2.05, 4.69) is 24.0 Å². The van der Waals surface area contributed by atoms with Crippen LogP contribution < -0.4 is 10.5 Å². The van der Waals surface area contributed by atoms with Crippen LogP contribution in [0.4, 0.5) is 0 Å². The van der Waals surface area contributed by atoms with Gasteiger partial charge in [0.15, 0.2) is 0 Å². The molecule has 1 aromatic rings. The third-order valence-electron chi connectivity index (χ3n) is 4.09. The molecule has 0 aromatic heterocycles. The number of nitrogens with two attached hydrogens (primary N) is 1. The lowest BCUT2D eigenvalue weighted by Gasteiger charge is -2.39. The summed E-state index contributed by atoms with van der Waals surface area (Å²) in [7, 11) is 3.48. The van der Waals surface area contributed by atoms with Gasteiger partial charge in [0.25, 0.3) is 0 Å². The molecule has 0 bridgehead atoms. The van der Waals surface area contributed by atoms with E-state index in [1.165, 1.54) is 5.56 Å². The number of likely N-dealkylation sites (tertiary alicyclic amines) is 1. The van der Waals surface area contributed by atoms with Gasteiger partial charge in [0.2, 0.25) is 0 Å². The summed E-state index contributed by atoms with van der Waals surface area (Å²) < 4.78 is 10.7. The highest BCUT2D eigenvalue weighted by atomic mass is 16.5. The zero-order chi connectivity index (χ0) is 14.5. The Morgan fingerprint density at radius 2 is 1.95 bits per heavy atom. The van der Waals surface area contributed by atoms with E-state index in [1.54, 1.807) is 14.2 Å². The first-order chi connectivity index (χ1) is 9.65. The number of hydrogen-bond acceptors (Lipinski definition) is 4. The third kappa shape index (κ3) is 3.51. The Bertz CT molecular complexity index is 405. The van der Waals surface area contributed by atoms with Crippen molar-refractivity contribution in [1.29, 1.82) is 0 Å². The van der Waals surface area contributed by atoms with Crippen LogP contribution in [0, 0.1) is 0 Å². The molecule has 20 heavy (non-hydrogen) atoms. The molecule has 4 nitrogen and oxygen atoms in total. The Balaban J connectivity index is 2.17. The molecule has 4 heteroatoms. The minimum Gasteiger partial charge on any atom is -0.497 e. The van der Waals surface area contributed by atoms with Gasteiger partial charge in [0.05, 0.1) is 13.2 Å². The molecule has 0 spiro atoms. The monoisotopic (exact) mass is 278 g/mol. The Morgan fingerprint density at radius 3 is 2.50 bits per heavy atom. The van der Waals surface area contributed by atoms with Gasteiger partial charge in [-0.15, -0.1) is 0 Å². The van der Waals surface area contributed by atoms with E-state index in [-0.39, 0.29) is 12.1 Å². The van der Waals surface area contributed by atoms with E-state index >= 15 is 0 Å². The number of piperidine rings is 1. The van der Waals surface area contributed by atoms with Gasteiger partial charge >= 0.3 is 0 Å². The second-order valence-electron chi connectivity index (χ2n) is 5.57. The van der Waals surface area contributed by atoms with Gasteiger partial charge in [-0.05, 0) is 44.0 Å². The highest BCUT2D eigenvalue weighted by molar-refractivity contribution is 5.30. The molecule has 0 aliphatic carbocycles. The van der Waals surface area contributed by atoms with Gasteiger partial charge in [-0.25, -0.2) is 0 Å². The zero-order valence-corrected chi connectivity index (χ0v) is 12.7. The molecule has 112 valence electrons. The maximum Gasteiger partial charge on any atom is 0.118 e. The molecule has 0 amide bonds. The molecule has 1 aromatic carbocycles. The number of nitrogens with zero attached hydrogens (tertiary/aromatic N) is 1. The van der Waals surface area contributed by atoms with Crippen molar-refractivity contribution in [1.82, 2.24) is 4.90 Å². The fraction of sp³-hybridized carbons (Fsp3) is 0.625. The average molecular weight is 278 g/mol. The second kappa shape index (κ2) is 7.07. The van der Waals surface area contributed by atoms with Crippen LogP contribution in [-0.2, 0) is 4.74 Å². The number of ether oxygens (including phenoxy) is 2. The van der Waals surface area contributed by atoms with E-state index in [1.807, 2.05) is 12.1 Å². The quantitative estimate of drug-likeness (QED) is 0.897. The van der Waals surface area contributed by atoms with Crippen LogP contribution in [0.3, 0.4) is 0 Å². The van der Waals surface area contributed by atoms with Gasteiger partial charge in [-0.2, -0.15) is 0 Å². The van der Waals surface area contributed by atoms with E-state index < -0.39 is 0 Å². The SMILES string of the molecule is COc1ccc(C(C(C)N)N2CCCC(OC)C2)cc1. The molecule has 2 N–H and O–H groups in total. The van der Waals surface area contributed by atoms with Crippen LogP contribution in [0.25, 0.3) is 0 Å². The largest absolute Gasteiger partial charge is 0.497 e. The summed E-state index contributed by atoms with van der Waals surface area (Å²) in [5, 5.41) is 0. The molecule has 0 saturated carbocycles. The summed E-state index contributed by atoms with van der Waals surface area (Å²) >= 11 is 0. The van der Waals surface area contributed by atoms with Crippen molar-refractivity contribution in [2.45, 2.75) is 38.0 Å². The maximum atomic E-state index is 6.24. The van der Waals surface area contributed by atoms with Crippen molar-refractivity contribution < 1.29 is 9.47 Å².